The molecule has 0 amide bonds. The largest absolute Gasteiger partial charge is 0.310 e. The molecule has 1 heterocycles. The fourth-order valence-corrected chi connectivity index (χ4v) is 3.31. The Bertz CT molecular complexity index is 465. The van der Waals surface area contributed by atoms with Gasteiger partial charge in [-0.1, -0.05) is 50.1 Å². The second-order valence-electron chi connectivity index (χ2n) is 6.15. The van der Waals surface area contributed by atoms with Crippen LogP contribution in [0.25, 0.3) is 0 Å². The van der Waals surface area contributed by atoms with Crippen molar-refractivity contribution in [2.24, 2.45) is 5.73 Å². The zero-order valence-corrected chi connectivity index (χ0v) is 13.1. The van der Waals surface area contributed by atoms with E-state index in [-0.39, 0.29) is 0 Å². The van der Waals surface area contributed by atoms with E-state index in [4.69, 9.17) is 5.73 Å². The molecule has 114 valence electrons. The predicted molar refractivity (Wildman–Crippen MR) is 86.7 cm³/mol. The van der Waals surface area contributed by atoms with Crippen molar-refractivity contribution >= 4 is 0 Å². The smallest absolute Gasteiger partial charge is 0.131 e. The van der Waals surface area contributed by atoms with E-state index in [2.05, 4.69) is 17.9 Å². The van der Waals surface area contributed by atoms with E-state index in [1.54, 1.807) is 0 Å². The molecule has 1 aliphatic heterocycles. The molecular weight excluding hydrogens is 258 g/mol. The van der Waals surface area contributed by atoms with Crippen molar-refractivity contribution in [2.75, 3.05) is 13.1 Å². The van der Waals surface area contributed by atoms with Crippen LogP contribution >= 0.6 is 0 Å². The SMILES string of the molecule is CCC1CCCCCN1CCC(N)(C#N)c1ccccc1. The number of rotatable bonds is 5. The number of hydrogen-bond donors (Lipinski definition) is 1. The number of benzene rings is 1. The second kappa shape index (κ2) is 7.59. The first kappa shape index (κ1) is 16.0. The van der Waals surface area contributed by atoms with Gasteiger partial charge in [-0.2, -0.15) is 5.26 Å². The predicted octanol–water partition coefficient (Wildman–Crippen LogP) is 3.41. The minimum atomic E-state index is -0.869. The van der Waals surface area contributed by atoms with E-state index < -0.39 is 5.54 Å². The minimum Gasteiger partial charge on any atom is -0.310 e. The molecule has 0 aliphatic carbocycles. The molecule has 1 aromatic carbocycles. The Morgan fingerprint density at radius 3 is 2.71 bits per heavy atom. The van der Waals surface area contributed by atoms with Crippen molar-refractivity contribution in [1.82, 2.24) is 4.90 Å². The Morgan fingerprint density at radius 1 is 1.29 bits per heavy atom. The quantitative estimate of drug-likeness (QED) is 0.902. The number of likely N-dealkylation sites (tertiary alicyclic amines) is 1. The molecule has 2 atom stereocenters. The highest BCUT2D eigenvalue weighted by Gasteiger charge is 2.29. The molecule has 0 radical (unpaired) electrons. The summed E-state index contributed by atoms with van der Waals surface area (Å²) in [5, 5.41) is 9.55. The number of nitrogens with zero attached hydrogens (tertiary/aromatic N) is 2. The summed E-state index contributed by atoms with van der Waals surface area (Å²) in [6, 6.07) is 12.8. The van der Waals surface area contributed by atoms with Crippen molar-refractivity contribution in [3.8, 4) is 6.07 Å². The third-order valence-electron chi connectivity index (χ3n) is 4.75. The topological polar surface area (TPSA) is 53.0 Å². The van der Waals surface area contributed by atoms with Crippen LogP contribution in [0.1, 0.15) is 51.0 Å². The molecule has 0 aromatic heterocycles. The zero-order chi connectivity index (χ0) is 15.1. The summed E-state index contributed by atoms with van der Waals surface area (Å²) in [4.78, 5) is 2.55. The number of nitrogens with two attached hydrogens (primary N) is 1. The Hall–Kier alpha value is -1.37. The maximum Gasteiger partial charge on any atom is 0.131 e. The highest BCUT2D eigenvalue weighted by Crippen LogP contribution is 2.25. The van der Waals surface area contributed by atoms with Gasteiger partial charge in [0.15, 0.2) is 0 Å². The van der Waals surface area contributed by atoms with Crippen molar-refractivity contribution in [1.29, 1.82) is 5.26 Å². The molecule has 2 unspecified atom stereocenters. The van der Waals surface area contributed by atoms with Crippen molar-refractivity contribution < 1.29 is 0 Å². The summed E-state index contributed by atoms with van der Waals surface area (Å²) in [5.74, 6) is 0. The van der Waals surface area contributed by atoms with Crippen LogP contribution in [0.15, 0.2) is 30.3 Å². The van der Waals surface area contributed by atoms with Crippen LogP contribution in [0.3, 0.4) is 0 Å². The Balaban J connectivity index is 2.04. The van der Waals surface area contributed by atoms with Gasteiger partial charge in [0.2, 0.25) is 0 Å². The van der Waals surface area contributed by atoms with Crippen LogP contribution in [0.4, 0.5) is 0 Å². The van der Waals surface area contributed by atoms with Gasteiger partial charge < -0.3 is 10.6 Å². The Morgan fingerprint density at radius 2 is 2.05 bits per heavy atom. The first-order valence-corrected chi connectivity index (χ1v) is 8.19. The van der Waals surface area contributed by atoms with Crippen LogP contribution in [-0.2, 0) is 5.54 Å². The zero-order valence-electron chi connectivity index (χ0n) is 13.1. The lowest BCUT2D eigenvalue weighted by atomic mass is 9.88. The van der Waals surface area contributed by atoms with E-state index in [0.717, 1.165) is 18.7 Å². The molecule has 21 heavy (non-hydrogen) atoms. The van der Waals surface area contributed by atoms with Gasteiger partial charge in [-0.3, -0.25) is 0 Å². The first-order valence-electron chi connectivity index (χ1n) is 8.19. The average molecular weight is 285 g/mol. The summed E-state index contributed by atoms with van der Waals surface area (Å²) < 4.78 is 0. The maximum atomic E-state index is 9.55. The molecule has 1 saturated heterocycles. The van der Waals surface area contributed by atoms with E-state index in [1.165, 1.54) is 32.1 Å². The van der Waals surface area contributed by atoms with Gasteiger partial charge >= 0.3 is 0 Å². The Kier molecular flexibility index (Phi) is 5.78. The summed E-state index contributed by atoms with van der Waals surface area (Å²) >= 11 is 0. The normalized spacial score (nSPS) is 23.0. The lowest BCUT2D eigenvalue weighted by Gasteiger charge is -2.32. The molecule has 1 aliphatic rings. The second-order valence-corrected chi connectivity index (χ2v) is 6.15. The first-order chi connectivity index (χ1) is 10.2. The standard InChI is InChI=1S/C18H27N3/c1-2-17-11-7-4-8-13-21(17)14-12-18(20,15-19)16-9-5-3-6-10-16/h3,5-6,9-10,17H,2,4,7-8,11-14,20H2,1H3. The summed E-state index contributed by atoms with van der Waals surface area (Å²) in [6.07, 6.45) is 7.11. The molecule has 3 nitrogen and oxygen atoms in total. The third-order valence-corrected chi connectivity index (χ3v) is 4.75. The van der Waals surface area contributed by atoms with Crippen LogP contribution in [-0.4, -0.2) is 24.0 Å². The molecule has 1 aromatic rings. The van der Waals surface area contributed by atoms with E-state index in [9.17, 15) is 5.26 Å². The monoisotopic (exact) mass is 285 g/mol. The van der Waals surface area contributed by atoms with Gasteiger partial charge in [0, 0.05) is 12.6 Å². The van der Waals surface area contributed by atoms with Crippen LogP contribution in [0, 0.1) is 11.3 Å². The lowest BCUT2D eigenvalue weighted by molar-refractivity contribution is 0.182. The van der Waals surface area contributed by atoms with E-state index >= 15 is 0 Å². The van der Waals surface area contributed by atoms with Gasteiger partial charge in [0.1, 0.15) is 5.54 Å². The van der Waals surface area contributed by atoms with Gasteiger partial charge in [-0.25, -0.2) is 0 Å². The molecule has 2 N–H and O–H groups in total. The average Bonchev–Trinajstić information content (AvgIpc) is 2.78. The summed E-state index contributed by atoms with van der Waals surface area (Å²) in [5.41, 5.74) is 6.43. The maximum absolute atomic E-state index is 9.55. The molecular formula is C18H27N3. The van der Waals surface area contributed by atoms with Crippen LogP contribution < -0.4 is 5.73 Å². The minimum absolute atomic E-state index is 0.659. The molecule has 0 spiro atoms. The van der Waals surface area contributed by atoms with Crippen LogP contribution in [0.2, 0.25) is 0 Å². The van der Waals surface area contributed by atoms with Gasteiger partial charge in [-0.15, -0.1) is 0 Å². The lowest BCUT2D eigenvalue weighted by Crippen LogP contribution is -2.42. The van der Waals surface area contributed by atoms with Gasteiger partial charge in [0.05, 0.1) is 6.07 Å². The van der Waals surface area contributed by atoms with E-state index in [0.29, 0.717) is 12.5 Å². The summed E-state index contributed by atoms with van der Waals surface area (Å²) in [6.45, 7) is 4.33. The summed E-state index contributed by atoms with van der Waals surface area (Å²) in [7, 11) is 0. The van der Waals surface area contributed by atoms with Crippen LogP contribution in [0.5, 0.6) is 0 Å². The fraction of sp³-hybridized carbons (Fsp3) is 0.611. The Labute approximate surface area is 128 Å². The highest BCUT2D eigenvalue weighted by atomic mass is 15.2. The number of hydrogen-bond acceptors (Lipinski definition) is 3. The molecule has 1 fully saturated rings. The van der Waals surface area contributed by atoms with Crippen molar-refractivity contribution in [3.05, 3.63) is 35.9 Å². The highest BCUT2D eigenvalue weighted by molar-refractivity contribution is 5.30. The van der Waals surface area contributed by atoms with Crippen molar-refractivity contribution in [3.63, 3.8) is 0 Å². The molecule has 2 rings (SSSR count). The number of nitriles is 1. The van der Waals surface area contributed by atoms with Gasteiger partial charge in [0.25, 0.3) is 0 Å². The fourth-order valence-electron chi connectivity index (χ4n) is 3.31. The van der Waals surface area contributed by atoms with Crippen molar-refractivity contribution in [2.45, 2.75) is 57.0 Å². The van der Waals surface area contributed by atoms with Gasteiger partial charge in [-0.05, 0) is 37.8 Å². The molecule has 0 saturated carbocycles. The molecule has 3 heteroatoms. The van der Waals surface area contributed by atoms with E-state index in [1.807, 2.05) is 30.3 Å². The third kappa shape index (κ3) is 4.06. The molecule has 0 bridgehead atoms.